The zero-order valence-electron chi connectivity index (χ0n) is 16.3. The van der Waals surface area contributed by atoms with Gasteiger partial charge in [0.15, 0.2) is 17.3 Å². The third-order valence-electron chi connectivity index (χ3n) is 5.22. The zero-order chi connectivity index (χ0) is 19.3. The van der Waals surface area contributed by atoms with E-state index in [1.807, 2.05) is 30.3 Å². The van der Waals surface area contributed by atoms with Crippen LogP contribution in [0.2, 0.25) is 0 Å². The van der Waals surface area contributed by atoms with Gasteiger partial charge in [0.1, 0.15) is 0 Å². The second-order valence-electron chi connectivity index (χ2n) is 7.07. The summed E-state index contributed by atoms with van der Waals surface area (Å²) in [6, 6.07) is 16.3. The molecular weight excluding hydrogens is 354 g/mol. The molecule has 0 aliphatic carbocycles. The van der Waals surface area contributed by atoms with Gasteiger partial charge in [0.05, 0.1) is 20.8 Å². The van der Waals surface area contributed by atoms with Gasteiger partial charge in [-0.1, -0.05) is 47.6 Å². The molecule has 0 N–H and O–H groups in total. The molecule has 146 valence electrons. The fraction of sp³-hybridized carbons (Fsp3) is 0.364. The van der Waals surface area contributed by atoms with Crippen molar-refractivity contribution in [2.45, 2.75) is 25.3 Å². The summed E-state index contributed by atoms with van der Waals surface area (Å²) in [6.45, 7) is 2.59. The molecule has 3 aromatic rings. The molecule has 0 spiro atoms. The third-order valence-corrected chi connectivity index (χ3v) is 5.22. The molecule has 2 aromatic carbocycles. The molecule has 0 amide bonds. The van der Waals surface area contributed by atoms with Gasteiger partial charge in [-0.25, -0.2) is 0 Å². The summed E-state index contributed by atoms with van der Waals surface area (Å²) in [4.78, 5) is 6.91. The summed E-state index contributed by atoms with van der Waals surface area (Å²) in [5.41, 5.74) is 2.38. The van der Waals surface area contributed by atoms with Crippen LogP contribution in [-0.2, 0) is 13.0 Å². The van der Waals surface area contributed by atoms with Gasteiger partial charge in [0, 0.05) is 24.4 Å². The fourth-order valence-corrected chi connectivity index (χ4v) is 3.86. The molecule has 2 heterocycles. The van der Waals surface area contributed by atoms with Gasteiger partial charge in [0.25, 0.3) is 0 Å². The van der Waals surface area contributed by atoms with E-state index in [1.54, 1.807) is 14.2 Å². The number of hydrogen-bond donors (Lipinski definition) is 0. The number of benzene rings is 2. The normalized spacial score (nSPS) is 17.0. The Hall–Kier alpha value is -2.86. The second-order valence-corrected chi connectivity index (χ2v) is 7.07. The van der Waals surface area contributed by atoms with Gasteiger partial charge in [0.2, 0.25) is 5.89 Å². The summed E-state index contributed by atoms with van der Waals surface area (Å²) >= 11 is 0. The monoisotopic (exact) mass is 379 g/mol. The van der Waals surface area contributed by atoms with E-state index in [4.69, 9.17) is 14.0 Å². The Morgan fingerprint density at radius 2 is 1.93 bits per heavy atom. The van der Waals surface area contributed by atoms with Crippen molar-refractivity contribution in [1.29, 1.82) is 0 Å². The van der Waals surface area contributed by atoms with Gasteiger partial charge in [-0.2, -0.15) is 4.98 Å². The largest absolute Gasteiger partial charge is 0.493 e. The lowest BCUT2D eigenvalue weighted by atomic mass is 9.97. The van der Waals surface area contributed by atoms with Crippen LogP contribution in [0.3, 0.4) is 0 Å². The van der Waals surface area contributed by atoms with E-state index in [9.17, 15) is 0 Å². The highest BCUT2D eigenvalue weighted by molar-refractivity contribution is 5.48. The minimum atomic E-state index is 0.400. The Labute approximate surface area is 165 Å². The molecule has 0 radical (unpaired) electrons. The SMILES string of the molecule is COc1cccc([C@@H]2CCN(Cc3nc(Cc4ccccc4)no3)C2)c1OC. The lowest BCUT2D eigenvalue weighted by Crippen LogP contribution is -2.20. The highest BCUT2D eigenvalue weighted by Crippen LogP contribution is 2.39. The van der Waals surface area contributed by atoms with Crippen molar-refractivity contribution in [2.24, 2.45) is 0 Å². The van der Waals surface area contributed by atoms with Crippen LogP contribution in [0.5, 0.6) is 11.5 Å². The first-order valence-electron chi connectivity index (χ1n) is 9.55. The smallest absolute Gasteiger partial charge is 0.240 e. The highest BCUT2D eigenvalue weighted by Gasteiger charge is 2.28. The summed E-state index contributed by atoms with van der Waals surface area (Å²) < 4.78 is 16.5. The highest BCUT2D eigenvalue weighted by atomic mass is 16.5. The summed E-state index contributed by atoms with van der Waals surface area (Å²) in [5.74, 6) is 3.41. The lowest BCUT2D eigenvalue weighted by molar-refractivity contribution is 0.264. The van der Waals surface area contributed by atoms with E-state index in [1.165, 1.54) is 11.1 Å². The number of nitrogens with zero attached hydrogens (tertiary/aromatic N) is 3. The standard InChI is InChI=1S/C22H25N3O3/c1-26-19-10-6-9-18(22(19)27-2)17-11-12-25(14-17)15-21-23-20(24-28-21)13-16-7-4-3-5-8-16/h3-10,17H,11-15H2,1-2H3/t17-/m1/s1. The van der Waals surface area contributed by atoms with Crippen molar-refractivity contribution in [1.82, 2.24) is 15.0 Å². The lowest BCUT2D eigenvalue weighted by Gasteiger charge is -2.18. The number of aromatic nitrogens is 2. The first-order chi connectivity index (χ1) is 13.8. The van der Waals surface area contributed by atoms with Gasteiger partial charge in [-0.3, -0.25) is 4.90 Å². The predicted octanol–water partition coefficient (Wildman–Crippen LogP) is 3.67. The maximum Gasteiger partial charge on any atom is 0.240 e. The molecule has 6 heteroatoms. The maximum atomic E-state index is 5.61. The van der Waals surface area contributed by atoms with Crippen molar-refractivity contribution in [3.8, 4) is 11.5 Å². The first kappa shape index (κ1) is 18.5. The van der Waals surface area contributed by atoms with Crippen molar-refractivity contribution < 1.29 is 14.0 Å². The molecule has 1 aromatic heterocycles. The number of likely N-dealkylation sites (tertiary alicyclic amines) is 1. The Balaban J connectivity index is 1.39. The average molecular weight is 379 g/mol. The summed E-state index contributed by atoms with van der Waals surface area (Å²) in [7, 11) is 3.37. The molecule has 1 aliphatic heterocycles. The number of rotatable bonds is 7. The molecule has 0 bridgehead atoms. The van der Waals surface area contributed by atoms with Crippen LogP contribution in [0, 0.1) is 0 Å². The molecular formula is C22H25N3O3. The number of hydrogen-bond acceptors (Lipinski definition) is 6. The van der Waals surface area contributed by atoms with E-state index in [0.29, 0.717) is 24.8 Å². The third kappa shape index (κ3) is 4.02. The molecule has 1 aliphatic rings. The molecule has 6 nitrogen and oxygen atoms in total. The second kappa shape index (κ2) is 8.44. The zero-order valence-corrected chi connectivity index (χ0v) is 16.3. The molecule has 1 fully saturated rings. The van der Waals surface area contributed by atoms with E-state index >= 15 is 0 Å². The van der Waals surface area contributed by atoms with Gasteiger partial charge >= 0.3 is 0 Å². The molecule has 0 saturated carbocycles. The van der Waals surface area contributed by atoms with E-state index in [0.717, 1.165) is 36.8 Å². The van der Waals surface area contributed by atoms with Crippen LogP contribution in [0.25, 0.3) is 0 Å². The molecule has 1 atom stereocenters. The van der Waals surface area contributed by atoms with Gasteiger partial charge in [-0.15, -0.1) is 0 Å². The minimum absolute atomic E-state index is 0.400. The van der Waals surface area contributed by atoms with Crippen molar-refractivity contribution in [2.75, 3.05) is 27.3 Å². The van der Waals surface area contributed by atoms with E-state index in [2.05, 4.69) is 33.2 Å². The number of methoxy groups -OCH3 is 2. The van der Waals surface area contributed by atoms with Crippen LogP contribution in [0.1, 0.15) is 35.2 Å². The minimum Gasteiger partial charge on any atom is -0.493 e. The Morgan fingerprint density at radius 1 is 1.07 bits per heavy atom. The van der Waals surface area contributed by atoms with Crippen molar-refractivity contribution >= 4 is 0 Å². The van der Waals surface area contributed by atoms with Crippen LogP contribution < -0.4 is 9.47 Å². The van der Waals surface area contributed by atoms with Gasteiger partial charge < -0.3 is 14.0 Å². The topological polar surface area (TPSA) is 60.6 Å². The van der Waals surface area contributed by atoms with Crippen molar-refractivity contribution in [3.63, 3.8) is 0 Å². The van der Waals surface area contributed by atoms with Crippen LogP contribution >= 0.6 is 0 Å². The van der Waals surface area contributed by atoms with Crippen LogP contribution in [-0.4, -0.2) is 42.3 Å². The quantitative estimate of drug-likeness (QED) is 0.624. The predicted molar refractivity (Wildman–Crippen MR) is 106 cm³/mol. The van der Waals surface area contributed by atoms with Crippen molar-refractivity contribution in [3.05, 3.63) is 71.4 Å². The van der Waals surface area contributed by atoms with Crippen LogP contribution in [0.4, 0.5) is 0 Å². The number of ether oxygens (including phenoxy) is 2. The average Bonchev–Trinajstić information content (AvgIpc) is 3.38. The Kier molecular flexibility index (Phi) is 5.58. The van der Waals surface area contributed by atoms with E-state index in [-0.39, 0.29) is 0 Å². The number of para-hydroxylation sites is 1. The summed E-state index contributed by atoms with van der Waals surface area (Å²) in [5, 5.41) is 4.13. The Bertz CT molecular complexity index is 910. The van der Waals surface area contributed by atoms with Crippen LogP contribution in [0.15, 0.2) is 53.1 Å². The fourth-order valence-electron chi connectivity index (χ4n) is 3.86. The van der Waals surface area contributed by atoms with Gasteiger partial charge in [-0.05, 0) is 24.6 Å². The molecule has 0 unspecified atom stereocenters. The molecule has 28 heavy (non-hydrogen) atoms. The molecule has 1 saturated heterocycles. The Morgan fingerprint density at radius 3 is 2.71 bits per heavy atom. The maximum absolute atomic E-state index is 5.61. The summed E-state index contributed by atoms with van der Waals surface area (Å²) in [6.07, 6.45) is 1.75. The first-order valence-corrected chi connectivity index (χ1v) is 9.55. The van der Waals surface area contributed by atoms with E-state index < -0.39 is 0 Å². The molecule has 4 rings (SSSR count).